The number of likely N-dealkylation sites (tertiary alicyclic amines) is 1. The zero-order valence-electron chi connectivity index (χ0n) is 29.9. The molecule has 1 unspecified atom stereocenters. The lowest BCUT2D eigenvalue weighted by Gasteiger charge is -2.53. The number of amides is 2. The molecule has 3 saturated heterocycles. The lowest BCUT2D eigenvalue weighted by atomic mass is 9.61. The Balaban J connectivity index is 1.22. The largest absolute Gasteiger partial charge is 0.432 e. The van der Waals surface area contributed by atoms with Gasteiger partial charge in [-0.2, -0.15) is 0 Å². The van der Waals surface area contributed by atoms with Gasteiger partial charge in [-0.15, -0.1) is 0 Å². The number of carbonyl (C=O) groups excluding carboxylic acids is 2. The standard InChI is InChI=1S/C39H54FN5O3/c1-26-42-32-13-8-9-14-33(32)45(26)31-24-29-15-16-30(25-31)44(29)22-19-38(27-11-10-12-28(40)23-27)17-20-43(21-18-38)34(46)39(36(2,3)4,37(5,6)7)48-35(41)47/h8-14,23,29-31H,15-22,24-25H2,1-7H3,(H2,41,47)/t29-,30+,31?. The molecule has 4 heterocycles. The first-order valence-corrected chi connectivity index (χ1v) is 17.8. The number of fused-ring (bicyclic) bond motifs is 3. The van der Waals surface area contributed by atoms with E-state index < -0.39 is 22.5 Å². The normalized spacial score (nSPS) is 23.4. The van der Waals surface area contributed by atoms with Crippen molar-refractivity contribution in [2.45, 2.75) is 123 Å². The number of nitrogens with zero attached hydrogens (tertiary/aromatic N) is 4. The zero-order chi connectivity index (χ0) is 34.6. The molecule has 9 heteroatoms. The van der Waals surface area contributed by atoms with E-state index in [1.807, 2.05) is 52.5 Å². The molecule has 0 radical (unpaired) electrons. The second-order valence-corrected chi connectivity index (χ2v) is 16.7. The summed E-state index contributed by atoms with van der Waals surface area (Å²) in [6.07, 6.45) is 5.96. The highest BCUT2D eigenvalue weighted by Crippen LogP contribution is 2.50. The highest BCUT2D eigenvalue weighted by Gasteiger charge is 2.61. The van der Waals surface area contributed by atoms with Gasteiger partial charge in [-0.3, -0.25) is 9.69 Å². The van der Waals surface area contributed by atoms with E-state index in [1.165, 1.54) is 24.4 Å². The van der Waals surface area contributed by atoms with Gasteiger partial charge < -0.3 is 19.9 Å². The van der Waals surface area contributed by atoms with Crippen LogP contribution in [0.5, 0.6) is 0 Å². The average molecular weight is 660 g/mol. The van der Waals surface area contributed by atoms with Crippen LogP contribution in [0.15, 0.2) is 48.5 Å². The molecule has 3 aliphatic rings. The number of benzene rings is 2. The molecular formula is C39H54FN5O3. The number of ether oxygens (including phenoxy) is 1. The molecule has 8 nitrogen and oxygen atoms in total. The first kappa shape index (κ1) is 34.4. The summed E-state index contributed by atoms with van der Waals surface area (Å²) in [5, 5.41) is 0. The molecule has 2 bridgehead atoms. The molecular weight excluding hydrogens is 605 g/mol. The lowest BCUT2D eigenvalue weighted by molar-refractivity contribution is -0.186. The molecule has 0 saturated carbocycles. The van der Waals surface area contributed by atoms with Gasteiger partial charge in [0.15, 0.2) is 0 Å². The fourth-order valence-corrected chi connectivity index (χ4v) is 9.92. The number of hydrogen-bond acceptors (Lipinski definition) is 5. The summed E-state index contributed by atoms with van der Waals surface area (Å²) in [7, 11) is 0. The van der Waals surface area contributed by atoms with Gasteiger partial charge in [0, 0.05) is 42.0 Å². The van der Waals surface area contributed by atoms with Crippen LogP contribution >= 0.6 is 0 Å². The molecule has 0 spiro atoms. The second-order valence-electron chi connectivity index (χ2n) is 16.7. The third-order valence-corrected chi connectivity index (χ3v) is 12.0. The minimum Gasteiger partial charge on any atom is -0.432 e. The van der Waals surface area contributed by atoms with Crippen molar-refractivity contribution in [1.82, 2.24) is 19.4 Å². The molecule has 0 aliphatic carbocycles. The van der Waals surface area contributed by atoms with E-state index in [1.54, 1.807) is 6.07 Å². The molecule has 2 aromatic carbocycles. The Labute approximate surface area is 285 Å². The van der Waals surface area contributed by atoms with Gasteiger partial charge in [-0.1, -0.05) is 65.8 Å². The van der Waals surface area contributed by atoms with E-state index in [0.717, 1.165) is 42.7 Å². The summed E-state index contributed by atoms with van der Waals surface area (Å²) in [6, 6.07) is 17.0. The topological polar surface area (TPSA) is 93.7 Å². The fraction of sp³-hybridized carbons (Fsp3) is 0.615. The van der Waals surface area contributed by atoms with Crippen molar-refractivity contribution in [3.63, 3.8) is 0 Å². The third-order valence-electron chi connectivity index (χ3n) is 12.0. The fourth-order valence-electron chi connectivity index (χ4n) is 9.92. The van der Waals surface area contributed by atoms with E-state index in [0.29, 0.717) is 44.1 Å². The van der Waals surface area contributed by atoms with Crippen LogP contribution in [0.3, 0.4) is 0 Å². The van der Waals surface area contributed by atoms with Gasteiger partial charge in [0.25, 0.3) is 5.91 Å². The molecule has 48 heavy (non-hydrogen) atoms. The quantitative estimate of drug-likeness (QED) is 0.283. The SMILES string of the molecule is Cc1nc2ccccc2n1C1C[C@H]2CC[C@@H](C1)N2CCC1(c2cccc(F)c2)CCN(C(=O)C(OC(N)=O)(C(C)(C)C)C(C)(C)C)CC1. The summed E-state index contributed by atoms with van der Waals surface area (Å²) in [4.78, 5) is 36.2. The summed E-state index contributed by atoms with van der Waals surface area (Å²) in [6.45, 7) is 15.6. The van der Waals surface area contributed by atoms with Crippen LogP contribution in [0.2, 0.25) is 0 Å². The molecule has 260 valence electrons. The van der Waals surface area contributed by atoms with Crippen LogP contribution in [0.4, 0.5) is 9.18 Å². The number of halogens is 1. The first-order chi connectivity index (χ1) is 22.6. The molecule has 3 aromatic rings. The van der Waals surface area contributed by atoms with Crippen LogP contribution in [-0.2, 0) is 14.9 Å². The molecule has 6 rings (SSSR count). The maximum absolute atomic E-state index is 14.7. The Bertz CT molecular complexity index is 1630. The number of aryl methyl sites for hydroxylation is 1. The summed E-state index contributed by atoms with van der Waals surface area (Å²) < 4.78 is 23.1. The van der Waals surface area contributed by atoms with Crippen LogP contribution in [0.25, 0.3) is 11.0 Å². The Morgan fingerprint density at radius 3 is 2.15 bits per heavy atom. The predicted octanol–water partition coefficient (Wildman–Crippen LogP) is 7.53. The number of para-hydroxylation sites is 2. The Morgan fingerprint density at radius 2 is 1.56 bits per heavy atom. The summed E-state index contributed by atoms with van der Waals surface area (Å²) in [5.74, 6) is 0.642. The second kappa shape index (κ2) is 12.5. The third kappa shape index (κ3) is 5.90. The van der Waals surface area contributed by atoms with Gasteiger partial charge in [0.05, 0.1) is 11.0 Å². The van der Waals surface area contributed by atoms with E-state index in [4.69, 9.17) is 15.5 Å². The van der Waals surface area contributed by atoms with E-state index in [2.05, 4.69) is 46.7 Å². The minimum absolute atomic E-state index is 0.212. The van der Waals surface area contributed by atoms with E-state index in [-0.39, 0.29) is 17.1 Å². The highest BCUT2D eigenvalue weighted by atomic mass is 19.1. The molecule has 1 aromatic heterocycles. The summed E-state index contributed by atoms with van der Waals surface area (Å²) in [5.41, 5.74) is 5.75. The summed E-state index contributed by atoms with van der Waals surface area (Å²) >= 11 is 0. The first-order valence-electron chi connectivity index (χ1n) is 17.8. The predicted molar refractivity (Wildman–Crippen MR) is 187 cm³/mol. The van der Waals surface area contributed by atoms with Crippen molar-refractivity contribution in [2.75, 3.05) is 19.6 Å². The number of aromatic nitrogens is 2. The number of rotatable bonds is 7. The van der Waals surface area contributed by atoms with Crippen molar-refractivity contribution < 1.29 is 18.7 Å². The van der Waals surface area contributed by atoms with Crippen molar-refractivity contribution in [3.05, 3.63) is 65.7 Å². The monoisotopic (exact) mass is 659 g/mol. The molecule has 2 N–H and O–H groups in total. The zero-order valence-corrected chi connectivity index (χ0v) is 29.9. The lowest BCUT2D eigenvalue weighted by Crippen LogP contribution is -2.67. The van der Waals surface area contributed by atoms with Crippen molar-refractivity contribution in [3.8, 4) is 0 Å². The average Bonchev–Trinajstić information content (AvgIpc) is 3.47. The van der Waals surface area contributed by atoms with Gasteiger partial charge in [0.2, 0.25) is 5.60 Å². The van der Waals surface area contributed by atoms with Crippen LogP contribution in [-0.4, -0.2) is 68.7 Å². The minimum atomic E-state index is -1.45. The van der Waals surface area contributed by atoms with Crippen LogP contribution < -0.4 is 5.73 Å². The van der Waals surface area contributed by atoms with Crippen LogP contribution in [0.1, 0.15) is 104 Å². The van der Waals surface area contributed by atoms with Gasteiger partial charge in [-0.25, -0.2) is 14.2 Å². The molecule has 2 amide bonds. The highest BCUT2D eigenvalue weighted by molar-refractivity contribution is 5.89. The number of carbonyl (C=O) groups is 2. The van der Waals surface area contributed by atoms with E-state index >= 15 is 0 Å². The Morgan fingerprint density at radius 1 is 0.938 bits per heavy atom. The number of primary amides is 1. The number of imidazole rings is 1. The van der Waals surface area contributed by atoms with Crippen molar-refractivity contribution in [2.24, 2.45) is 16.6 Å². The molecule has 3 atom stereocenters. The van der Waals surface area contributed by atoms with Gasteiger partial charge in [0.1, 0.15) is 11.6 Å². The number of hydrogen-bond donors (Lipinski definition) is 1. The molecule has 3 fully saturated rings. The van der Waals surface area contributed by atoms with Gasteiger partial charge >= 0.3 is 6.09 Å². The van der Waals surface area contributed by atoms with Crippen LogP contribution in [0, 0.1) is 23.6 Å². The van der Waals surface area contributed by atoms with Gasteiger partial charge in [-0.05, 0) is 93.7 Å². The Kier molecular flexibility index (Phi) is 8.93. The maximum atomic E-state index is 14.7. The number of piperidine rings is 2. The van der Waals surface area contributed by atoms with Crippen molar-refractivity contribution >= 4 is 23.0 Å². The smallest absolute Gasteiger partial charge is 0.405 e. The van der Waals surface area contributed by atoms with Crippen molar-refractivity contribution in [1.29, 1.82) is 0 Å². The Hall–Kier alpha value is -3.46. The number of nitrogens with two attached hydrogens (primary N) is 1. The maximum Gasteiger partial charge on any atom is 0.405 e. The van der Waals surface area contributed by atoms with E-state index in [9.17, 15) is 14.0 Å². The molecule has 3 aliphatic heterocycles.